The van der Waals surface area contributed by atoms with E-state index in [1.165, 1.54) is 0 Å². The van der Waals surface area contributed by atoms with Crippen molar-refractivity contribution in [2.45, 2.75) is 30.0 Å². The van der Waals surface area contributed by atoms with Crippen molar-refractivity contribution in [3.05, 3.63) is 36.0 Å². The third-order valence-corrected chi connectivity index (χ3v) is 5.05. The summed E-state index contributed by atoms with van der Waals surface area (Å²) in [6.45, 7) is 3.94. The van der Waals surface area contributed by atoms with Crippen LogP contribution in [0.15, 0.2) is 30.5 Å². The van der Waals surface area contributed by atoms with Crippen molar-refractivity contribution in [2.24, 2.45) is 0 Å². The van der Waals surface area contributed by atoms with Crippen LogP contribution in [0, 0.1) is 0 Å². The summed E-state index contributed by atoms with van der Waals surface area (Å²) in [6.07, 6.45) is 1.97. The number of nitrogens with one attached hydrogen (secondary N) is 2. The number of aromatic amines is 1. The smallest absolute Gasteiger partial charge is 0.322 e. The molecule has 0 spiro atoms. The summed E-state index contributed by atoms with van der Waals surface area (Å²) < 4.78 is -0.325. The van der Waals surface area contributed by atoms with Crippen LogP contribution in [-0.4, -0.2) is 26.8 Å². The van der Waals surface area contributed by atoms with Crippen molar-refractivity contribution in [3.8, 4) is 0 Å². The lowest BCUT2D eigenvalue weighted by atomic mass is 10.0. The molecule has 5 heteroatoms. The number of benzene rings is 1. The zero-order valence-corrected chi connectivity index (χ0v) is 11.6. The fraction of sp³-hybridized carbons (Fsp3) is 0.357. The summed E-state index contributed by atoms with van der Waals surface area (Å²) in [5, 5.41) is 13.7. The molecular formula is C14H16N2O2S. The Bertz CT molecular complexity index is 635. The third kappa shape index (κ3) is 2.03. The highest BCUT2D eigenvalue weighted by Gasteiger charge is 2.46. The second kappa shape index (κ2) is 4.28. The van der Waals surface area contributed by atoms with Gasteiger partial charge in [-0.2, -0.15) is 0 Å². The molecule has 19 heavy (non-hydrogen) atoms. The van der Waals surface area contributed by atoms with Crippen LogP contribution < -0.4 is 5.32 Å². The molecule has 1 fully saturated rings. The van der Waals surface area contributed by atoms with Gasteiger partial charge in [-0.3, -0.25) is 10.1 Å². The largest absolute Gasteiger partial charge is 0.480 e. The van der Waals surface area contributed by atoms with Crippen LogP contribution in [0.25, 0.3) is 10.9 Å². The normalized spacial score (nSPS) is 25.8. The second-order valence-electron chi connectivity index (χ2n) is 5.33. The lowest BCUT2D eigenvalue weighted by Gasteiger charge is -2.20. The number of hydrogen-bond acceptors (Lipinski definition) is 3. The molecule has 1 aromatic carbocycles. The molecule has 1 saturated heterocycles. The molecule has 100 valence electrons. The van der Waals surface area contributed by atoms with Gasteiger partial charge in [0.2, 0.25) is 0 Å². The maximum Gasteiger partial charge on any atom is 0.322 e. The second-order valence-corrected chi connectivity index (χ2v) is 7.09. The summed E-state index contributed by atoms with van der Waals surface area (Å²) in [5.41, 5.74) is 2.20. The zero-order valence-electron chi connectivity index (χ0n) is 10.8. The molecule has 2 heterocycles. The molecule has 0 bridgehead atoms. The van der Waals surface area contributed by atoms with Gasteiger partial charge in [0.1, 0.15) is 6.04 Å². The van der Waals surface area contributed by atoms with Crippen molar-refractivity contribution in [2.75, 3.05) is 0 Å². The first-order chi connectivity index (χ1) is 8.99. The van der Waals surface area contributed by atoms with Crippen molar-refractivity contribution in [1.82, 2.24) is 10.3 Å². The van der Waals surface area contributed by atoms with Crippen LogP contribution in [-0.2, 0) is 4.79 Å². The van der Waals surface area contributed by atoms with E-state index in [1.807, 2.05) is 38.2 Å². The molecule has 3 rings (SSSR count). The monoisotopic (exact) mass is 276 g/mol. The van der Waals surface area contributed by atoms with Gasteiger partial charge in [0.25, 0.3) is 0 Å². The predicted octanol–water partition coefficient (Wildman–Crippen LogP) is 2.73. The highest BCUT2D eigenvalue weighted by Crippen LogP contribution is 2.47. The Morgan fingerprint density at radius 1 is 1.37 bits per heavy atom. The van der Waals surface area contributed by atoms with Crippen LogP contribution in [0.1, 0.15) is 24.8 Å². The minimum absolute atomic E-state index is 0.00671. The van der Waals surface area contributed by atoms with E-state index in [4.69, 9.17) is 0 Å². The third-order valence-electron chi connectivity index (χ3n) is 3.59. The number of fused-ring (bicyclic) bond motifs is 1. The van der Waals surface area contributed by atoms with Gasteiger partial charge < -0.3 is 10.1 Å². The molecule has 4 nitrogen and oxygen atoms in total. The molecule has 2 aromatic rings. The molecule has 1 aliphatic rings. The summed E-state index contributed by atoms with van der Waals surface area (Å²) in [4.78, 5) is 14.5. The number of aromatic nitrogens is 1. The first kappa shape index (κ1) is 12.6. The molecule has 0 amide bonds. The molecule has 3 N–H and O–H groups in total. The minimum atomic E-state index is -0.792. The summed E-state index contributed by atoms with van der Waals surface area (Å²) in [7, 11) is 0. The number of aliphatic carboxylic acids is 1. The van der Waals surface area contributed by atoms with E-state index in [0.29, 0.717) is 0 Å². The number of carboxylic acids is 1. The zero-order chi connectivity index (χ0) is 13.6. The number of carboxylic acid groups (broad SMARTS) is 1. The van der Waals surface area contributed by atoms with Crippen LogP contribution in [0.3, 0.4) is 0 Å². The highest BCUT2D eigenvalue weighted by atomic mass is 32.2. The van der Waals surface area contributed by atoms with E-state index < -0.39 is 12.0 Å². The van der Waals surface area contributed by atoms with Crippen molar-refractivity contribution in [1.29, 1.82) is 0 Å². The Balaban J connectivity index is 1.98. The molecule has 0 aliphatic carbocycles. The van der Waals surface area contributed by atoms with Gasteiger partial charge in [-0.25, -0.2) is 0 Å². The highest BCUT2D eigenvalue weighted by molar-refractivity contribution is 8.01. The fourth-order valence-corrected chi connectivity index (χ4v) is 4.03. The van der Waals surface area contributed by atoms with Gasteiger partial charge in [-0.05, 0) is 19.9 Å². The maximum atomic E-state index is 11.3. The first-order valence-electron chi connectivity index (χ1n) is 6.22. The molecule has 2 atom stereocenters. The minimum Gasteiger partial charge on any atom is -0.480 e. The van der Waals surface area contributed by atoms with E-state index in [-0.39, 0.29) is 10.1 Å². The van der Waals surface area contributed by atoms with E-state index in [9.17, 15) is 9.90 Å². The average molecular weight is 276 g/mol. The van der Waals surface area contributed by atoms with Crippen LogP contribution in [0.5, 0.6) is 0 Å². The van der Waals surface area contributed by atoms with Gasteiger partial charge >= 0.3 is 5.97 Å². The van der Waals surface area contributed by atoms with Crippen molar-refractivity contribution < 1.29 is 9.90 Å². The number of thioether (sulfide) groups is 1. The quantitative estimate of drug-likeness (QED) is 0.789. The van der Waals surface area contributed by atoms with Gasteiger partial charge in [-0.15, -0.1) is 11.8 Å². The SMILES string of the molecule is CC1(C)S[C@@H](c2c[nH]c3ccccc23)N[C@@H]1C(=O)O. The van der Waals surface area contributed by atoms with Crippen LogP contribution >= 0.6 is 11.8 Å². The topological polar surface area (TPSA) is 65.1 Å². The van der Waals surface area contributed by atoms with E-state index >= 15 is 0 Å². The number of rotatable bonds is 2. The molecule has 1 aromatic heterocycles. The summed E-state index contributed by atoms with van der Waals surface area (Å²) in [5.74, 6) is -0.792. The van der Waals surface area contributed by atoms with Crippen molar-refractivity contribution in [3.63, 3.8) is 0 Å². The lowest BCUT2D eigenvalue weighted by Crippen LogP contribution is -2.43. The Labute approximate surface area is 115 Å². The fourth-order valence-electron chi connectivity index (χ4n) is 2.59. The van der Waals surface area contributed by atoms with E-state index in [0.717, 1.165) is 16.5 Å². The van der Waals surface area contributed by atoms with Crippen LogP contribution in [0.2, 0.25) is 0 Å². The van der Waals surface area contributed by atoms with Crippen LogP contribution in [0.4, 0.5) is 0 Å². The molecule has 0 radical (unpaired) electrons. The van der Waals surface area contributed by atoms with E-state index in [1.54, 1.807) is 11.8 Å². The molecule has 0 unspecified atom stereocenters. The number of H-pyrrole nitrogens is 1. The van der Waals surface area contributed by atoms with Gasteiger partial charge in [0, 0.05) is 27.4 Å². The molecule has 1 aliphatic heterocycles. The predicted molar refractivity (Wildman–Crippen MR) is 77.3 cm³/mol. The van der Waals surface area contributed by atoms with Crippen molar-refractivity contribution >= 4 is 28.6 Å². The Hall–Kier alpha value is -1.46. The van der Waals surface area contributed by atoms with E-state index in [2.05, 4.69) is 16.4 Å². The lowest BCUT2D eigenvalue weighted by molar-refractivity contribution is -0.139. The number of carbonyl (C=O) groups is 1. The average Bonchev–Trinajstić information content (AvgIpc) is 2.89. The number of para-hydroxylation sites is 1. The first-order valence-corrected chi connectivity index (χ1v) is 7.10. The Morgan fingerprint density at radius 3 is 2.79 bits per heavy atom. The standard InChI is InChI=1S/C14H16N2O2S/c1-14(2)11(13(17)18)16-12(19-14)9-7-15-10-6-4-3-5-8(9)10/h3-7,11-12,15-16H,1-2H3,(H,17,18)/t11-,12+/m1/s1. The Kier molecular flexibility index (Phi) is 2.83. The molecule has 0 saturated carbocycles. The van der Waals surface area contributed by atoms with Gasteiger partial charge in [0.15, 0.2) is 0 Å². The summed E-state index contributed by atoms with van der Waals surface area (Å²) >= 11 is 1.66. The number of hydrogen-bond donors (Lipinski definition) is 3. The van der Waals surface area contributed by atoms with Gasteiger partial charge in [-0.1, -0.05) is 18.2 Å². The Morgan fingerprint density at radius 2 is 2.11 bits per heavy atom. The summed E-state index contributed by atoms with van der Waals surface area (Å²) in [6, 6.07) is 7.54. The van der Waals surface area contributed by atoms with Gasteiger partial charge in [0.05, 0.1) is 5.37 Å². The molecular weight excluding hydrogens is 260 g/mol. The maximum absolute atomic E-state index is 11.3.